The van der Waals surface area contributed by atoms with Crippen LogP contribution in [0.2, 0.25) is 0 Å². The molecule has 25 unspecified atom stereocenters. The summed E-state index contributed by atoms with van der Waals surface area (Å²) < 4.78 is 245. The van der Waals surface area contributed by atoms with Crippen LogP contribution in [0.25, 0.3) is 67.0 Å². The molecule has 9 fully saturated rings. The molecule has 15 N–H and O–H groups in total. The van der Waals surface area contributed by atoms with Gasteiger partial charge < -0.3 is 79.8 Å². The summed E-state index contributed by atoms with van der Waals surface area (Å²) in [5, 5.41) is 18.9. The van der Waals surface area contributed by atoms with Crippen LogP contribution in [-0.2, 0) is 115 Å². The first kappa shape index (κ1) is 92.4. The van der Waals surface area contributed by atoms with Crippen LogP contribution in [0.15, 0.2) is 65.0 Å². The second kappa shape index (κ2) is 35.2. The molecule has 12 aromatic rings. The van der Waals surface area contributed by atoms with Crippen molar-refractivity contribution in [2.24, 2.45) is 5.92 Å². The minimum absolute atomic E-state index is 0.000806. The number of H-pyrrole nitrogens is 3. The number of anilines is 3. The van der Waals surface area contributed by atoms with E-state index in [4.69, 9.17) is 92.4 Å². The summed E-state index contributed by atoms with van der Waals surface area (Å²) in [5.74, 6) is 0.0792. The minimum atomic E-state index is -5.00. The summed E-state index contributed by atoms with van der Waals surface area (Å²) in [5.41, 5.74) is 16.9. The number of imidazole rings is 5. The summed E-state index contributed by atoms with van der Waals surface area (Å²) in [4.78, 5) is 123. The largest absolute Gasteiger partial charge is 0.472 e. The summed E-state index contributed by atoms with van der Waals surface area (Å²) in [6.45, 7) is -7.05. The quantitative estimate of drug-likeness (QED) is 0.0600. The van der Waals surface area contributed by atoms with Crippen molar-refractivity contribution in [1.82, 2.24) is 137 Å². The SMILES string of the molecule is Cc1nc2c(ncn2C2CC3COP(O)(=S)OC4C(CNS(=O)(=O)OC2C3O)OC(n2cnc3c(N)ncnc32)C4F)c(=O)[nH]1.Cc1nc2c(ncn2C2OC3COP(=O)(S)OC4C(CNS(=O)(=O)OC2C3)OC(n2cnc3c(N)ncnc32)C4F)c(=O)[nH]1.Cc1nc2c(nnn2C2OC3COP(=O)(O)OC4C(CNS(=O)(=O)OC2C3)OC(n2cnc3c(N)ncnc32)C4F)c(=O)[nH]1. The molecule has 59 nitrogen and oxygen atoms in total. The average Bonchev–Trinajstić information content (AvgIpc) is 1.64. The number of aryl methyl sites for hydroxylation is 3. The normalized spacial score (nSPS) is 34.8. The Morgan fingerprint density at radius 2 is 0.857 bits per heavy atom. The Balaban J connectivity index is 0.000000129. The number of aliphatic hydroxyl groups is 1. The molecule has 1 aliphatic carbocycles. The second-order valence-electron chi connectivity index (χ2n) is 31.1. The van der Waals surface area contributed by atoms with E-state index in [2.05, 4.69) is 121 Å². The number of ether oxygens (including phenoxy) is 5. The molecule has 25 atom stereocenters. The molecule has 0 radical (unpaired) electrons. The molecule has 8 saturated heterocycles. The predicted molar refractivity (Wildman–Crippen MR) is 443 cm³/mol. The van der Waals surface area contributed by atoms with Crippen LogP contribution in [0, 0.1) is 26.7 Å². The zero-order valence-corrected chi connectivity index (χ0v) is 74.7. The molecule has 20 heterocycles. The molecule has 8 aliphatic heterocycles. The number of hydrogen-bond acceptors (Lipinski definition) is 46. The van der Waals surface area contributed by atoms with E-state index in [0.717, 1.165) is 23.7 Å². The van der Waals surface area contributed by atoms with E-state index >= 15 is 13.2 Å². The fraction of sp³-hybridized carbons (Fsp3) is 0.540. The number of nitrogens with zero attached hydrogens (tertiary/aromatic N) is 22. The number of nitrogens with one attached hydrogen (secondary N) is 6. The molecule has 6 bridgehead atoms. The number of phosphoric acid groups is 1. The molecule has 0 amide bonds. The van der Waals surface area contributed by atoms with Gasteiger partial charge in [0.15, 0.2) is 118 Å². The van der Waals surface area contributed by atoms with Crippen molar-refractivity contribution < 1.29 is 126 Å². The smallest absolute Gasteiger partial charge is 0.390 e. The highest BCUT2D eigenvalue weighted by Crippen LogP contribution is 2.58. The Hall–Kier alpha value is -9.67. The molecule has 21 rings (SSSR count). The number of aliphatic hydroxyl groups excluding tert-OH is 1. The number of phosphoric ester groups is 1. The van der Waals surface area contributed by atoms with Crippen LogP contribution in [0.1, 0.15) is 73.9 Å². The maximum atomic E-state index is 16.0. The molecule has 0 spiro atoms. The van der Waals surface area contributed by atoms with Crippen molar-refractivity contribution in [3.05, 3.63) is 99.2 Å². The molecule has 9 aliphatic rings. The predicted octanol–water partition coefficient (Wildman–Crippen LogP) is -2.59. The molecule has 12 aromatic heterocycles. The molecular formula is C63H73F3N31O28P3S5. The molecule has 133 heavy (non-hydrogen) atoms. The van der Waals surface area contributed by atoms with Crippen molar-refractivity contribution >= 4 is 161 Å². The van der Waals surface area contributed by atoms with Gasteiger partial charge in [0.05, 0.1) is 75.8 Å². The van der Waals surface area contributed by atoms with Gasteiger partial charge in [0, 0.05) is 38.4 Å². The zero-order chi connectivity index (χ0) is 93.8. The van der Waals surface area contributed by atoms with Crippen LogP contribution < -0.4 is 48.0 Å². The van der Waals surface area contributed by atoms with Gasteiger partial charge in [0.2, 0.25) is 0 Å². The molecule has 0 aromatic carbocycles. The number of nitrogen functional groups attached to an aromatic ring is 3. The summed E-state index contributed by atoms with van der Waals surface area (Å²) >= 11 is 9.23. The highest BCUT2D eigenvalue weighted by atomic mass is 32.7. The topological polar surface area (TPSA) is 775 Å². The first-order valence-electron chi connectivity index (χ1n) is 39.5. The zero-order valence-electron chi connectivity index (χ0n) is 67.9. The maximum absolute atomic E-state index is 16.0. The van der Waals surface area contributed by atoms with E-state index in [1.807, 2.05) is 0 Å². The van der Waals surface area contributed by atoms with E-state index in [0.29, 0.717) is 5.82 Å². The molecule has 1 saturated carbocycles. The minimum Gasteiger partial charge on any atom is -0.390 e. The summed E-state index contributed by atoms with van der Waals surface area (Å²) in [7, 11) is -18.8. The Morgan fingerprint density at radius 1 is 0.459 bits per heavy atom. The van der Waals surface area contributed by atoms with E-state index in [1.165, 1.54) is 61.4 Å². The van der Waals surface area contributed by atoms with Gasteiger partial charge in [-0.3, -0.25) is 55.3 Å². The number of alkyl halides is 3. The van der Waals surface area contributed by atoms with Crippen molar-refractivity contribution in [2.45, 2.75) is 169 Å². The lowest BCUT2D eigenvalue weighted by Crippen LogP contribution is -2.43. The van der Waals surface area contributed by atoms with E-state index in [-0.39, 0.29) is 115 Å². The molecule has 714 valence electrons. The van der Waals surface area contributed by atoms with E-state index in [1.54, 1.807) is 13.8 Å². The fourth-order valence-corrected chi connectivity index (χ4v) is 23.4. The van der Waals surface area contributed by atoms with E-state index in [9.17, 15) is 63.7 Å². The third-order valence-corrected chi connectivity index (χ3v) is 29.6. The first-order valence-corrected chi connectivity index (χ1v) is 50.5. The Bertz CT molecular complexity index is 7010. The van der Waals surface area contributed by atoms with Gasteiger partial charge >= 0.3 is 52.3 Å². The maximum Gasteiger partial charge on any atom is 0.472 e. The fourth-order valence-electron chi connectivity index (χ4n) is 16.6. The van der Waals surface area contributed by atoms with Gasteiger partial charge in [-0.1, -0.05) is 17.5 Å². The van der Waals surface area contributed by atoms with Crippen LogP contribution >= 0.6 is 33.6 Å². The highest BCUT2D eigenvalue weighted by Gasteiger charge is 2.57. The standard InChI is InChI=1S/C22H26FN10O9PS2.C21H24FN10O9PS2.C20H23FN11O10PS/c1-8-30-20-14(21(35)31-8)28-6-32(20)10-2-9-4-39-43(36,44)41-17-11(3-29-45(37,38)42-16(10)15(9)34)40-22(12(17)23)33-7-27-13-18(24)25-5-26-19(13)33;1-8-29-18-14(19(33)30-8)27-7-32(18)20-10-2-9(38-20)4-37-42(34,43)40-15-11(3-28-44(35,36)41-10)39-21(12(15)22)31-6-26-13-16(23)24-5-25-17(13)31;1-7-27-17-13(18(33)28-7)29-30-32(17)19-9-2-8(39-19)4-38-43(34,35)41-14-10(3-26-44(36,37)42-9)40-20(11(14)21)31-6-25-12-15(22)23-5-24-16(12)31/h5-7,9-12,15-17,22,29,34H,2-4H2,1H3,(H,36,44)(H2,24,25,26)(H,30,31,35);5-7,9-12,15,20-21,28H,2-4H2,1H3,(H,34,43)(H2,23,24,25)(H,29,30,33);5-6,8-11,14,19-20,26H,2-4H2,1H3,(H,34,35)(H2,22,23,24)(H,27,28,33). The molecular weight excluding hydrogens is 1950 g/mol. The van der Waals surface area contributed by atoms with Crippen LogP contribution in [0.3, 0.4) is 0 Å². The van der Waals surface area contributed by atoms with Gasteiger partial charge in [-0.05, 0) is 39.0 Å². The second-order valence-corrected chi connectivity index (χ2v) is 42.4. The lowest BCUT2D eigenvalue weighted by molar-refractivity contribution is -0.0546. The number of thiol groups is 1. The first-order chi connectivity index (χ1) is 63.1. The number of aromatic nitrogens is 25. The lowest BCUT2D eigenvalue weighted by Gasteiger charge is -2.25. The lowest BCUT2D eigenvalue weighted by atomic mass is 10.1. The molecule has 70 heteroatoms. The van der Waals surface area contributed by atoms with Crippen molar-refractivity contribution in [3.8, 4) is 0 Å². The summed E-state index contributed by atoms with van der Waals surface area (Å²) in [6, 6.07) is -0.900. The van der Waals surface area contributed by atoms with Gasteiger partial charge in [-0.2, -0.15) is 44.1 Å². The van der Waals surface area contributed by atoms with Gasteiger partial charge in [0.25, 0.3) is 16.7 Å². The number of fused-ring (bicyclic) bond motifs is 15. The number of rotatable bonds is 6. The van der Waals surface area contributed by atoms with Gasteiger partial charge in [0.1, 0.15) is 108 Å². The van der Waals surface area contributed by atoms with Crippen LogP contribution in [0.4, 0.5) is 30.6 Å². The monoisotopic (exact) mass is 2020 g/mol. The van der Waals surface area contributed by atoms with Crippen LogP contribution in [-0.4, -0.2) is 294 Å². The van der Waals surface area contributed by atoms with Crippen molar-refractivity contribution in [3.63, 3.8) is 0 Å². The van der Waals surface area contributed by atoms with Gasteiger partial charge in [-0.15, -0.1) is 5.10 Å². The highest BCUT2D eigenvalue weighted by molar-refractivity contribution is 8.44. The number of hydrogen-bond donors (Lipinski definition) is 13. The third-order valence-electron chi connectivity index (χ3n) is 22.4. The Kier molecular flexibility index (Phi) is 24.4. The summed E-state index contributed by atoms with van der Waals surface area (Å²) in [6.07, 6.45) is -20.0. The Labute approximate surface area is 750 Å². The average molecular weight is 2020 g/mol. The van der Waals surface area contributed by atoms with Crippen molar-refractivity contribution in [1.29, 1.82) is 0 Å². The number of nitrogens with two attached hydrogens (primary N) is 3. The number of aromatic amines is 3. The van der Waals surface area contributed by atoms with Gasteiger partial charge in [-0.25, -0.2) is 105 Å². The van der Waals surface area contributed by atoms with E-state index < -0.39 is 243 Å². The van der Waals surface area contributed by atoms with Crippen LogP contribution in [0.5, 0.6) is 0 Å². The Morgan fingerprint density at radius 3 is 1.35 bits per heavy atom. The van der Waals surface area contributed by atoms with Crippen molar-refractivity contribution in [2.75, 3.05) is 56.7 Å². The third kappa shape index (κ3) is 18.2. The number of halogens is 3.